The summed E-state index contributed by atoms with van der Waals surface area (Å²) in [5.41, 5.74) is 1.07. The molecule has 2 unspecified atom stereocenters. The van der Waals surface area contributed by atoms with E-state index in [0.717, 1.165) is 5.56 Å². The van der Waals surface area contributed by atoms with Crippen LogP contribution in [-0.4, -0.2) is 11.2 Å². The number of rotatable bonds is 3. The molecule has 0 saturated carbocycles. The summed E-state index contributed by atoms with van der Waals surface area (Å²) in [6.45, 7) is 0. The fraction of sp³-hybridized carbons (Fsp3) is 0.188. The van der Waals surface area contributed by atoms with Gasteiger partial charge in [0.15, 0.2) is 0 Å². The molecule has 1 aliphatic heterocycles. The second kappa shape index (κ2) is 5.49. The summed E-state index contributed by atoms with van der Waals surface area (Å²) in [6.07, 6.45) is 0.331. The van der Waals surface area contributed by atoms with Crippen molar-refractivity contribution in [2.24, 2.45) is 0 Å². The van der Waals surface area contributed by atoms with E-state index in [2.05, 4.69) is 12.1 Å². The summed E-state index contributed by atoms with van der Waals surface area (Å²) in [5.74, 6) is -0.109. The van der Waals surface area contributed by atoms with E-state index in [1.54, 1.807) is 11.8 Å². The molecular formula is C16H14O2S. The van der Waals surface area contributed by atoms with Gasteiger partial charge in [-0.1, -0.05) is 48.5 Å². The van der Waals surface area contributed by atoms with Crippen LogP contribution in [0, 0.1) is 0 Å². The first-order valence-corrected chi connectivity index (χ1v) is 7.17. The largest absolute Gasteiger partial charge is 0.456 e. The molecule has 1 fully saturated rings. The van der Waals surface area contributed by atoms with Crippen LogP contribution in [0.25, 0.3) is 0 Å². The second-order valence-corrected chi connectivity index (χ2v) is 5.81. The van der Waals surface area contributed by atoms with E-state index in [4.69, 9.17) is 4.74 Å². The summed E-state index contributed by atoms with van der Waals surface area (Å²) in [6, 6.07) is 20.1. The summed E-state index contributed by atoms with van der Waals surface area (Å²) >= 11 is 1.71. The number of esters is 1. The first-order chi connectivity index (χ1) is 9.33. The second-order valence-electron chi connectivity index (χ2n) is 4.49. The molecule has 96 valence electrons. The third-order valence-corrected chi connectivity index (χ3v) is 4.38. The van der Waals surface area contributed by atoms with Crippen molar-refractivity contribution in [3.8, 4) is 0 Å². The lowest BCUT2D eigenvalue weighted by Crippen LogP contribution is -2.09. The van der Waals surface area contributed by atoms with Crippen LogP contribution in [0.15, 0.2) is 65.6 Å². The molecule has 3 heteroatoms. The summed E-state index contributed by atoms with van der Waals surface area (Å²) in [7, 11) is 0. The van der Waals surface area contributed by atoms with E-state index in [9.17, 15) is 4.79 Å². The van der Waals surface area contributed by atoms with E-state index in [1.807, 2.05) is 48.5 Å². The Morgan fingerprint density at radius 3 is 2.26 bits per heavy atom. The van der Waals surface area contributed by atoms with E-state index >= 15 is 0 Å². The summed E-state index contributed by atoms with van der Waals surface area (Å²) < 4.78 is 5.47. The summed E-state index contributed by atoms with van der Waals surface area (Å²) in [4.78, 5) is 12.8. The highest BCUT2D eigenvalue weighted by molar-refractivity contribution is 8.00. The molecule has 0 spiro atoms. The molecule has 19 heavy (non-hydrogen) atoms. The number of thioether (sulfide) groups is 1. The third-order valence-electron chi connectivity index (χ3n) is 3.12. The Bertz CT molecular complexity index is 553. The minimum atomic E-state index is -0.140. The van der Waals surface area contributed by atoms with Gasteiger partial charge in [0.25, 0.3) is 0 Å². The van der Waals surface area contributed by atoms with Gasteiger partial charge in [-0.3, -0.25) is 4.79 Å². The lowest BCUT2D eigenvalue weighted by Gasteiger charge is -2.17. The Labute approximate surface area is 116 Å². The van der Waals surface area contributed by atoms with Crippen molar-refractivity contribution in [1.82, 2.24) is 0 Å². The number of carbonyl (C=O) groups excluding carboxylic acids is 1. The fourth-order valence-corrected chi connectivity index (χ4v) is 3.46. The van der Waals surface area contributed by atoms with E-state index in [-0.39, 0.29) is 17.3 Å². The molecule has 0 aliphatic carbocycles. The standard InChI is InChI=1S/C16H14O2S/c17-15-11-14(19-13-9-5-2-6-10-13)16(18-15)12-7-3-1-4-8-12/h1-10,14,16H,11H2. The van der Waals surface area contributed by atoms with Gasteiger partial charge < -0.3 is 4.74 Å². The molecule has 2 aromatic carbocycles. The van der Waals surface area contributed by atoms with Gasteiger partial charge in [0, 0.05) is 4.90 Å². The highest BCUT2D eigenvalue weighted by atomic mass is 32.2. The number of hydrogen-bond acceptors (Lipinski definition) is 3. The Kier molecular flexibility index (Phi) is 3.56. The fourth-order valence-electron chi connectivity index (χ4n) is 2.24. The zero-order chi connectivity index (χ0) is 13.1. The predicted octanol–water partition coefficient (Wildman–Crippen LogP) is 3.84. The summed E-state index contributed by atoms with van der Waals surface area (Å²) in [5, 5.41) is 0.150. The lowest BCUT2D eigenvalue weighted by atomic mass is 10.1. The average Bonchev–Trinajstić information content (AvgIpc) is 2.82. The first-order valence-electron chi connectivity index (χ1n) is 6.29. The van der Waals surface area contributed by atoms with E-state index in [0.29, 0.717) is 6.42 Å². The van der Waals surface area contributed by atoms with Crippen LogP contribution >= 0.6 is 11.8 Å². The molecule has 1 aliphatic rings. The van der Waals surface area contributed by atoms with E-state index < -0.39 is 0 Å². The topological polar surface area (TPSA) is 26.3 Å². The van der Waals surface area contributed by atoms with Gasteiger partial charge in [0.05, 0.1) is 11.7 Å². The highest BCUT2D eigenvalue weighted by Crippen LogP contribution is 2.41. The van der Waals surface area contributed by atoms with Gasteiger partial charge in [-0.05, 0) is 17.7 Å². The van der Waals surface area contributed by atoms with Crippen molar-refractivity contribution in [3.63, 3.8) is 0 Å². The molecule has 1 saturated heterocycles. The maximum absolute atomic E-state index is 11.6. The van der Waals surface area contributed by atoms with Gasteiger partial charge in [-0.2, -0.15) is 0 Å². The first kappa shape index (κ1) is 12.3. The molecule has 2 aromatic rings. The van der Waals surface area contributed by atoms with Crippen molar-refractivity contribution < 1.29 is 9.53 Å². The molecule has 0 bridgehead atoms. The predicted molar refractivity (Wildman–Crippen MR) is 76.0 cm³/mol. The molecule has 0 aromatic heterocycles. The van der Waals surface area contributed by atoms with Gasteiger partial charge in [-0.25, -0.2) is 0 Å². The van der Waals surface area contributed by atoms with Crippen molar-refractivity contribution in [1.29, 1.82) is 0 Å². The van der Waals surface area contributed by atoms with Gasteiger partial charge in [-0.15, -0.1) is 11.8 Å². The molecule has 1 heterocycles. The van der Waals surface area contributed by atoms with E-state index in [1.165, 1.54) is 4.90 Å². The van der Waals surface area contributed by atoms with Crippen LogP contribution in [0.2, 0.25) is 0 Å². The van der Waals surface area contributed by atoms with Crippen molar-refractivity contribution in [3.05, 3.63) is 66.2 Å². The van der Waals surface area contributed by atoms with Crippen molar-refractivity contribution in [2.75, 3.05) is 0 Å². The van der Waals surface area contributed by atoms with Gasteiger partial charge in [0.2, 0.25) is 0 Å². The van der Waals surface area contributed by atoms with Gasteiger partial charge in [0.1, 0.15) is 6.10 Å². The molecule has 2 nitrogen and oxygen atoms in total. The van der Waals surface area contributed by atoms with Gasteiger partial charge >= 0.3 is 5.97 Å². The maximum atomic E-state index is 11.6. The van der Waals surface area contributed by atoms with Crippen LogP contribution < -0.4 is 0 Å². The Morgan fingerprint density at radius 1 is 0.947 bits per heavy atom. The molecule has 0 N–H and O–H groups in total. The number of carbonyl (C=O) groups is 1. The third kappa shape index (κ3) is 2.82. The van der Waals surface area contributed by atoms with Crippen molar-refractivity contribution in [2.45, 2.75) is 22.7 Å². The molecule has 3 rings (SSSR count). The van der Waals surface area contributed by atoms with Crippen LogP contribution in [0.3, 0.4) is 0 Å². The average molecular weight is 270 g/mol. The number of hydrogen-bond donors (Lipinski definition) is 0. The molecular weight excluding hydrogens is 256 g/mol. The molecule has 0 radical (unpaired) electrons. The molecule has 0 amide bonds. The lowest BCUT2D eigenvalue weighted by molar-refractivity contribution is -0.141. The Hall–Kier alpha value is -1.74. The quantitative estimate of drug-likeness (QED) is 0.793. The zero-order valence-corrected chi connectivity index (χ0v) is 11.2. The Balaban J connectivity index is 1.81. The van der Waals surface area contributed by atoms with Crippen LogP contribution in [-0.2, 0) is 9.53 Å². The smallest absolute Gasteiger partial charge is 0.307 e. The van der Waals surface area contributed by atoms with Crippen LogP contribution in [0.1, 0.15) is 18.1 Å². The maximum Gasteiger partial charge on any atom is 0.307 e. The molecule has 2 atom stereocenters. The zero-order valence-electron chi connectivity index (χ0n) is 10.4. The number of cyclic esters (lactones) is 1. The number of ether oxygens (including phenoxy) is 1. The highest BCUT2D eigenvalue weighted by Gasteiger charge is 2.36. The minimum absolute atomic E-state index is 0.109. The van der Waals surface area contributed by atoms with Crippen LogP contribution in [0.5, 0.6) is 0 Å². The minimum Gasteiger partial charge on any atom is -0.456 e. The Morgan fingerprint density at radius 2 is 1.58 bits per heavy atom. The van der Waals surface area contributed by atoms with Crippen molar-refractivity contribution >= 4 is 17.7 Å². The SMILES string of the molecule is O=C1CC(Sc2ccccc2)C(c2ccccc2)O1. The van der Waals surface area contributed by atoms with Crippen LogP contribution in [0.4, 0.5) is 0 Å². The number of benzene rings is 2. The monoisotopic (exact) mass is 270 g/mol. The normalized spacial score (nSPS) is 22.2.